The predicted molar refractivity (Wildman–Crippen MR) is 156 cm³/mol. The predicted octanol–water partition coefficient (Wildman–Crippen LogP) is 5.14. The highest BCUT2D eigenvalue weighted by atomic mass is 32.2. The standard InChI is InChI=1S/C31H39N3O4S/c1-7-25(5)32-31(36)26(6)33(20-27-15-13-22(2)14-16-27)30(35)21-34(28-18-23(3)17-24(4)19-28)39(37,38)29-11-9-8-10-12-29/h8-19,25-26H,7,20-21H2,1-6H3,(H,32,36). The van der Waals surface area contributed by atoms with Crippen molar-refractivity contribution < 1.29 is 18.0 Å². The molecule has 208 valence electrons. The van der Waals surface area contributed by atoms with Gasteiger partial charge in [-0.15, -0.1) is 0 Å². The first-order chi connectivity index (χ1) is 18.4. The van der Waals surface area contributed by atoms with Crippen molar-refractivity contribution in [3.8, 4) is 0 Å². The second kappa shape index (κ2) is 12.9. The third-order valence-electron chi connectivity index (χ3n) is 6.75. The Morgan fingerprint density at radius 3 is 2.00 bits per heavy atom. The molecule has 2 unspecified atom stereocenters. The van der Waals surface area contributed by atoms with E-state index in [1.807, 2.05) is 65.0 Å². The van der Waals surface area contributed by atoms with Crippen molar-refractivity contribution in [2.24, 2.45) is 0 Å². The monoisotopic (exact) mass is 549 g/mol. The summed E-state index contributed by atoms with van der Waals surface area (Å²) in [4.78, 5) is 28.7. The second-order valence-corrected chi connectivity index (χ2v) is 12.0. The van der Waals surface area contributed by atoms with E-state index < -0.39 is 28.5 Å². The lowest BCUT2D eigenvalue weighted by Gasteiger charge is -2.32. The zero-order valence-electron chi connectivity index (χ0n) is 23.6. The molecular weight excluding hydrogens is 510 g/mol. The minimum atomic E-state index is -4.08. The summed E-state index contributed by atoms with van der Waals surface area (Å²) < 4.78 is 28.9. The normalized spacial score (nSPS) is 12.9. The van der Waals surface area contributed by atoms with Crippen LogP contribution < -0.4 is 9.62 Å². The van der Waals surface area contributed by atoms with Crippen molar-refractivity contribution >= 4 is 27.5 Å². The summed E-state index contributed by atoms with van der Waals surface area (Å²) in [5.41, 5.74) is 4.08. The number of anilines is 1. The van der Waals surface area contributed by atoms with Gasteiger partial charge >= 0.3 is 0 Å². The van der Waals surface area contributed by atoms with Crippen LogP contribution in [0.2, 0.25) is 0 Å². The van der Waals surface area contributed by atoms with Gasteiger partial charge in [0.2, 0.25) is 11.8 Å². The average molecular weight is 550 g/mol. The molecule has 1 N–H and O–H groups in total. The van der Waals surface area contributed by atoms with Crippen molar-refractivity contribution in [2.45, 2.75) is 71.5 Å². The van der Waals surface area contributed by atoms with Crippen LogP contribution in [0.5, 0.6) is 0 Å². The van der Waals surface area contributed by atoms with Crippen molar-refractivity contribution in [1.29, 1.82) is 0 Å². The number of hydrogen-bond acceptors (Lipinski definition) is 4. The Morgan fingerprint density at radius 1 is 0.846 bits per heavy atom. The molecule has 0 heterocycles. The molecule has 7 nitrogen and oxygen atoms in total. The Kier molecular flexibility index (Phi) is 9.92. The topological polar surface area (TPSA) is 86.8 Å². The molecule has 0 saturated heterocycles. The second-order valence-electron chi connectivity index (χ2n) is 10.2. The van der Waals surface area contributed by atoms with Crippen molar-refractivity contribution in [2.75, 3.05) is 10.8 Å². The van der Waals surface area contributed by atoms with Crippen LogP contribution in [0.3, 0.4) is 0 Å². The Balaban J connectivity index is 2.04. The first-order valence-electron chi connectivity index (χ1n) is 13.2. The van der Waals surface area contributed by atoms with Gasteiger partial charge in [-0.2, -0.15) is 0 Å². The quantitative estimate of drug-likeness (QED) is 0.359. The summed E-state index contributed by atoms with van der Waals surface area (Å²) in [5, 5.41) is 2.95. The van der Waals surface area contributed by atoms with Gasteiger partial charge in [-0.3, -0.25) is 13.9 Å². The third kappa shape index (κ3) is 7.69. The number of nitrogens with zero attached hydrogens (tertiary/aromatic N) is 2. The molecule has 0 aliphatic heterocycles. The summed E-state index contributed by atoms with van der Waals surface area (Å²) in [5.74, 6) is -0.755. The molecular formula is C31H39N3O4S. The minimum absolute atomic E-state index is 0.0542. The summed E-state index contributed by atoms with van der Waals surface area (Å²) in [6.45, 7) is 11.0. The number of sulfonamides is 1. The van der Waals surface area contributed by atoms with Gasteiger partial charge in [-0.1, -0.05) is 61.0 Å². The molecule has 3 aromatic rings. The SMILES string of the molecule is CCC(C)NC(=O)C(C)N(Cc1ccc(C)cc1)C(=O)CN(c1cc(C)cc(C)c1)S(=O)(=O)c1ccccc1. The number of carbonyl (C=O) groups excluding carboxylic acids is 2. The van der Waals surface area contributed by atoms with Crippen LogP contribution in [0.15, 0.2) is 77.7 Å². The molecule has 0 aliphatic rings. The van der Waals surface area contributed by atoms with Crippen molar-refractivity contribution in [3.05, 3.63) is 95.1 Å². The molecule has 0 aliphatic carbocycles. The zero-order chi connectivity index (χ0) is 28.7. The van der Waals surface area contributed by atoms with Crippen molar-refractivity contribution in [3.63, 3.8) is 0 Å². The Bertz CT molecular complexity index is 1370. The maximum absolute atomic E-state index is 14.0. The summed E-state index contributed by atoms with van der Waals surface area (Å²) >= 11 is 0. The number of benzene rings is 3. The molecule has 0 aromatic heterocycles. The van der Waals surface area contributed by atoms with Crippen LogP contribution >= 0.6 is 0 Å². The molecule has 2 atom stereocenters. The number of amides is 2. The molecule has 0 saturated carbocycles. The van der Waals surface area contributed by atoms with E-state index in [0.717, 1.165) is 33.0 Å². The molecule has 3 rings (SSSR count). The lowest BCUT2D eigenvalue weighted by molar-refractivity contribution is -0.139. The highest BCUT2D eigenvalue weighted by molar-refractivity contribution is 7.92. The fraction of sp³-hybridized carbons (Fsp3) is 0.355. The molecule has 2 amide bonds. The maximum Gasteiger partial charge on any atom is 0.264 e. The van der Waals surface area contributed by atoms with Crippen molar-refractivity contribution in [1.82, 2.24) is 10.2 Å². The Morgan fingerprint density at radius 2 is 1.44 bits per heavy atom. The van der Waals surface area contributed by atoms with Crippen LogP contribution in [-0.4, -0.2) is 43.8 Å². The highest BCUT2D eigenvalue weighted by Gasteiger charge is 2.32. The Hall–Kier alpha value is -3.65. The van der Waals surface area contributed by atoms with Gasteiger partial charge < -0.3 is 10.2 Å². The number of hydrogen-bond donors (Lipinski definition) is 1. The van der Waals surface area contributed by atoms with Gasteiger partial charge in [0.05, 0.1) is 10.6 Å². The van der Waals surface area contributed by atoms with Gasteiger partial charge in [-0.25, -0.2) is 8.42 Å². The molecule has 3 aromatic carbocycles. The van der Waals surface area contributed by atoms with E-state index in [9.17, 15) is 18.0 Å². The zero-order valence-corrected chi connectivity index (χ0v) is 24.5. The van der Waals surface area contributed by atoms with Crippen LogP contribution in [0.1, 0.15) is 49.4 Å². The fourth-order valence-electron chi connectivity index (χ4n) is 4.28. The highest BCUT2D eigenvalue weighted by Crippen LogP contribution is 2.26. The average Bonchev–Trinajstić information content (AvgIpc) is 2.90. The first kappa shape index (κ1) is 29.9. The molecule has 0 fully saturated rings. The lowest BCUT2D eigenvalue weighted by atomic mass is 10.1. The van der Waals surface area contributed by atoms with Gasteiger partial charge in [0.15, 0.2) is 0 Å². The molecule has 8 heteroatoms. The number of rotatable bonds is 11. The van der Waals surface area contributed by atoms with E-state index in [-0.39, 0.29) is 23.4 Å². The van der Waals surface area contributed by atoms with E-state index in [1.165, 1.54) is 17.0 Å². The summed E-state index contributed by atoms with van der Waals surface area (Å²) in [7, 11) is -4.08. The summed E-state index contributed by atoms with van der Waals surface area (Å²) in [6.07, 6.45) is 0.750. The summed E-state index contributed by atoms with van der Waals surface area (Å²) in [6, 6.07) is 20.4. The minimum Gasteiger partial charge on any atom is -0.352 e. The lowest BCUT2D eigenvalue weighted by Crippen LogP contribution is -2.52. The molecule has 0 radical (unpaired) electrons. The van der Waals surface area contributed by atoms with E-state index >= 15 is 0 Å². The smallest absolute Gasteiger partial charge is 0.264 e. The molecule has 0 bridgehead atoms. The van der Waals surface area contributed by atoms with Crippen LogP contribution in [-0.2, 0) is 26.2 Å². The maximum atomic E-state index is 14.0. The molecule has 39 heavy (non-hydrogen) atoms. The van der Waals surface area contributed by atoms with Crippen LogP contribution in [0.4, 0.5) is 5.69 Å². The number of carbonyl (C=O) groups is 2. The molecule has 0 spiro atoms. The van der Waals surface area contributed by atoms with E-state index in [4.69, 9.17) is 0 Å². The van der Waals surface area contributed by atoms with E-state index in [1.54, 1.807) is 37.3 Å². The number of aryl methyl sites for hydroxylation is 3. The van der Waals surface area contributed by atoms with E-state index in [0.29, 0.717) is 5.69 Å². The van der Waals surface area contributed by atoms with Gasteiger partial charge in [-0.05, 0) is 82.0 Å². The Labute approximate surface area is 232 Å². The van der Waals surface area contributed by atoms with Gasteiger partial charge in [0.25, 0.3) is 10.0 Å². The van der Waals surface area contributed by atoms with E-state index in [2.05, 4.69) is 5.32 Å². The van der Waals surface area contributed by atoms with Gasteiger partial charge in [0.1, 0.15) is 12.6 Å². The fourth-order valence-corrected chi connectivity index (χ4v) is 5.70. The van der Waals surface area contributed by atoms with Gasteiger partial charge in [0, 0.05) is 12.6 Å². The largest absolute Gasteiger partial charge is 0.352 e. The van der Waals surface area contributed by atoms with Crippen LogP contribution in [0.25, 0.3) is 0 Å². The number of nitrogens with one attached hydrogen (secondary N) is 1. The van der Waals surface area contributed by atoms with Crippen LogP contribution in [0, 0.1) is 20.8 Å². The first-order valence-corrected chi connectivity index (χ1v) is 14.7. The third-order valence-corrected chi connectivity index (χ3v) is 8.53.